The lowest BCUT2D eigenvalue weighted by Crippen LogP contribution is -2.30. The molecule has 0 fully saturated rings. The van der Waals surface area contributed by atoms with Crippen LogP contribution >= 0.6 is 23.2 Å². The zero-order chi connectivity index (χ0) is 20.9. The average Bonchev–Trinajstić information content (AvgIpc) is 2.61. The van der Waals surface area contributed by atoms with Crippen LogP contribution in [0.2, 0.25) is 10.0 Å². The van der Waals surface area contributed by atoms with E-state index in [1.54, 1.807) is 5.32 Å². The van der Waals surface area contributed by atoms with Crippen molar-refractivity contribution >= 4 is 52.4 Å². The molecule has 2 rings (SSSR count). The summed E-state index contributed by atoms with van der Waals surface area (Å²) in [7, 11) is 0. The molecule has 2 aromatic carbocycles. The van der Waals surface area contributed by atoms with Gasteiger partial charge in [0, 0.05) is 10.7 Å². The third kappa shape index (κ3) is 6.14. The topological polar surface area (TPSA) is 84.5 Å². The predicted molar refractivity (Wildman–Crippen MR) is 96.5 cm³/mol. The molecule has 0 heterocycles. The lowest BCUT2D eigenvalue weighted by Gasteiger charge is -2.10. The molecule has 0 aromatic heterocycles. The Kier molecular flexibility index (Phi) is 6.87. The SMILES string of the molecule is O=C(COC(=O)c1cccc(NC(=O)C(F)(F)F)c1)Nc1ccc(Cl)cc1Cl. The second-order valence-corrected chi connectivity index (χ2v) is 6.12. The minimum absolute atomic E-state index is 0.155. The zero-order valence-electron chi connectivity index (χ0n) is 13.8. The number of halogens is 5. The van der Waals surface area contributed by atoms with Gasteiger partial charge in [-0.25, -0.2) is 4.79 Å². The van der Waals surface area contributed by atoms with E-state index in [1.807, 2.05) is 0 Å². The van der Waals surface area contributed by atoms with E-state index in [1.165, 1.54) is 30.3 Å². The molecule has 0 aliphatic rings. The van der Waals surface area contributed by atoms with Crippen molar-refractivity contribution in [2.45, 2.75) is 6.18 Å². The molecule has 0 atom stereocenters. The summed E-state index contributed by atoms with van der Waals surface area (Å²) in [6.07, 6.45) is -5.07. The molecule has 0 spiro atoms. The Morgan fingerprint density at radius 1 is 1.00 bits per heavy atom. The van der Waals surface area contributed by atoms with Crippen LogP contribution in [0.4, 0.5) is 24.5 Å². The van der Waals surface area contributed by atoms with E-state index in [0.29, 0.717) is 5.02 Å². The van der Waals surface area contributed by atoms with Crippen LogP contribution in [0, 0.1) is 0 Å². The first-order valence-corrected chi connectivity index (χ1v) is 8.22. The number of hydrogen-bond acceptors (Lipinski definition) is 4. The molecule has 0 radical (unpaired) electrons. The standard InChI is InChI=1S/C17H11Cl2F3N2O4/c18-10-4-5-13(12(19)7-10)24-14(25)8-28-15(26)9-2-1-3-11(6-9)23-16(27)17(20,21)22/h1-7H,8H2,(H,23,27)(H,24,25). The van der Waals surface area contributed by atoms with E-state index in [9.17, 15) is 27.6 Å². The fraction of sp³-hybridized carbons (Fsp3) is 0.118. The van der Waals surface area contributed by atoms with Crippen molar-refractivity contribution in [1.82, 2.24) is 0 Å². The molecular formula is C17H11Cl2F3N2O4. The average molecular weight is 435 g/mol. The molecule has 2 amide bonds. The minimum atomic E-state index is -5.07. The third-order valence-corrected chi connectivity index (χ3v) is 3.70. The van der Waals surface area contributed by atoms with Crippen molar-refractivity contribution in [3.8, 4) is 0 Å². The van der Waals surface area contributed by atoms with Crippen molar-refractivity contribution in [3.05, 3.63) is 58.1 Å². The summed E-state index contributed by atoms with van der Waals surface area (Å²) >= 11 is 11.6. The van der Waals surface area contributed by atoms with E-state index < -0.39 is 30.6 Å². The van der Waals surface area contributed by atoms with E-state index in [-0.39, 0.29) is 22.0 Å². The highest BCUT2D eigenvalue weighted by molar-refractivity contribution is 6.36. The van der Waals surface area contributed by atoms with Gasteiger partial charge in [0.15, 0.2) is 6.61 Å². The molecule has 0 unspecified atom stereocenters. The molecular weight excluding hydrogens is 424 g/mol. The third-order valence-electron chi connectivity index (χ3n) is 3.15. The number of ether oxygens (including phenoxy) is 1. The fourth-order valence-electron chi connectivity index (χ4n) is 1.92. The van der Waals surface area contributed by atoms with Gasteiger partial charge in [0.25, 0.3) is 5.91 Å². The molecule has 148 valence electrons. The Labute approximate surface area is 166 Å². The van der Waals surface area contributed by atoms with Gasteiger partial charge in [-0.3, -0.25) is 9.59 Å². The molecule has 6 nitrogen and oxygen atoms in total. The maximum absolute atomic E-state index is 12.3. The largest absolute Gasteiger partial charge is 0.471 e. The quantitative estimate of drug-likeness (QED) is 0.687. The van der Waals surface area contributed by atoms with E-state index >= 15 is 0 Å². The van der Waals surface area contributed by atoms with Gasteiger partial charge in [0.1, 0.15) is 0 Å². The maximum atomic E-state index is 12.3. The minimum Gasteiger partial charge on any atom is -0.452 e. The summed E-state index contributed by atoms with van der Waals surface area (Å²) in [5, 5.41) is 4.57. The van der Waals surface area contributed by atoms with Gasteiger partial charge in [-0.1, -0.05) is 29.3 Å². The number of carbonyl (C=O) groups is 3. The predicted octanol–water partition coefficient (Wildman–Crippen LogP) is 4.29. The van der Waals surface area contributed by atoms with Crippen molar-refractivity contribution in [2.75, 3.05) is 17.2 Å². The molecule has 28 heavy (non-hydrogen) atoms. The van der Waals surface area contributed by atoms with Crippen molar-refractivity contribution in [1.29, 1.82) is 0 Å². The zero-order valence-corrected chi connectivity index (χ0v) is 15.3. The highest BCUT2D eigenvalue weighted by Crippen LogP contribution is 2.25. The van der Waals surface area contributed by atoms with Gasteiger partial charge in [0.05, 0.1) is 16.3 Å². The summed E-state index contributed by atoms with van der Waals surface area (Å²) in [4.78, 5) is 34.7. The molecule has 11 heteroatoms. The van der Waals surface area contributed by atoms with Crippen molar-refractivity contribution in [2.24, 2.45) is 0 Å². The Bertz CT molecular complexity index is 920. The second-order valence-electron chi connectivity index (χ2n) is 5.28. The number of anilines is 2. The van der Waals surface area contributed by atoms with Gasteiger partial charge in [0.2, 0.25) is 0 Å². The Morgan fingerprint density at radius 3 is 2.36 bits per heavy atom. The number of nitrogens with one attached hydrogen (secondary N) is 2. The summed E-state index contributed by atoms with van der Waals surface area (Å²) in [5.41, 5.74) is -0.157. The van der Waals surface area contributed by atoms with Crippen LogP contribution in [0.3, 0.4) is 0 Å². The van der Waals surface area contributed by atoms with E-state index in [4.69, 9.17) is 27.9 Å². The lowest BCUT2D eigenvalue weighted by molar-refractivity contribution is -0.167. The molecule has 2 N–H and O–H groups in total. The van der Waals surface area contributed by atoms with Gasteiger partial charge < -0.3 is 15.4 Å². The summed E-state index contributed by atoms with van der Waals surface area (Å²) in [6, 6.07) is 9.00. The lowest BCUT2D eigenvalue weighted by atomic mass is 10.2. The smallest absolute Gasteiger partial charge is 0.452 e. The van der Waals surface area contributed by atoms with Crippen molar-refractivity contribution < 1.29 is 32.3 Å². The molecule has 0 saturated carbocycles. The number of benzene rings is 2. The van der Waals surface area contributed by atoms with E-state index in [2.05, 4.69) is 5.32 Å². The number of esters is 1. The molecule has 0 saturated heterocycles. The fourth-order valence-corrected chi connectivity index (χ4v) is 2.37. The van der Waals surface area contributed by atoms with Gasteiger partial charge in [-0.05, 0) is 36.4 Å². The molecule has 0 bridgehead atoms. The first-order valence-electron chi connectivity index (χ1n) is 7.46. The monoisotopic (exact) mass is 434 g/mol. The summed E-state index contributed by atoms with van der Waals surface area (Å²) in [6.45, 7) is -0.670. The summed E-state index contributed by atoms with van der Waals surface area (Å²) < 4.78 is 41.6. The van der Waals surface area contributed by atoms with Crippen LogP contribution in [0.25, 0.3) is 0 Å². The summed E-state index contributed by atoms with van der Waals surface area (Å²) in [5.74, 6) is -3.85. The number of rotatable bonds is 5. The first kappa shape index (κ1) is 21.5. The normalized spacial score (nSPS) is 10.9. The van der Waals surface area contributed by atoms with Crippen LogP contribution in [0.1, 0.15) is 10.4 Å². The Balaban J connectivity index is 1.94. The van der Waals surface area contributed by atoms with Crippen LogP contribution in [0.5, 0.6) is 0 Å². The van der Waals surface area contributed by atoms with Crippen molar-refractivity contribution in [3.63, 3.8) is 0 Å². The molecule has 0 aliphatic heterocycles. The second kappa shape index (κ2) is 8.94. The number of alkyl halides is 3. The Morgan fingerprint density at radius 2 is 1.71 bits per heavy atom. The van der Waals surface area contributed by atoms with Gasteiger partial charge in [-0.15, -0.1) is 0 Å². The van der Waals surface area contributed by atoms with Crippen LogP contribution in [-0.2, 0) is 14.3 Å². The van der Waals surface area contributed by atoms with Crippen LogP contribution in [-0.4, -0.2) is 30.6 Å². The molecule has 2 aromatic rings. The number of carbonyl (C=O) groups excluding carboxylic acids is 3. The van der Waals surface area contributed by atoms with E-state index in [0.717, 1.165) is 12.1 Å². The Hall–Kier alpha value is -2.78. The first-order chi connectivity index (χ1) is 13.1. The van der Waals surface area contributed by atoms with Gasteiger partial charge in [-0.2, -0.15) is 13.2 Å². The maximum Gasteiger partial charge on any atom is 0.471 e. The highest BCUT2D eigenvalue weighted by Gasteiger charge is 2.38. The highest BCUT2D eigenvalue weighted by atomic mass is 35.5. The number of amides is 2. The van der Waals surface area contributed by atoms with Crippen LogP contribution in [0.15, 0.2) is 42.5 Å². The van der Waals surface area contributed by atoms with Gasteiger partial charge >= 0.3 is 18.1 Å². The number of hydrogen-bond donors (Lipinski definition) is 2. The molecule has 0 aliphatic carbocycles. The van der Waals surface area contributed by atoms with Crippen LogP contribution < -0.4 is 10.6 Å².